The summed E-state index contributed by atoms with van der Waals surface area (Å²) in [5, 5.41) is 20.6. The highest BCUT2D eigenvalue weighted by atomic mass is 16.5. The van der Waals surface area contributed by atoms with Crippen molar-refractivity contribution in [1.29, 1.82) is 0 Å². The number of hydrogen-bond donors (Lipinski definition) is 3. The van der Waals surface area contributed by atoms with Crippen LogP contribution in [0.1, 0.15) is 10.4 Å². The molecule has 1 unspecified atom stereocenters. The fourth-order valence-electron chi connectivity index (χ4n) is 1.01. The van der Waals surface area contributed by atoms with E-state index in [1.807, 2.05) is 0 Å². The molecule has 1 aromatic rings. The molecule has 0 aromatic carbocycles. The zero-order chi connectivity index (χ0) is 11.3. The highest BCUT2D eigenvalue weighted by Gasteiger charge is 2.07. The molecule has 0 saturated carbocycles. The fraction of sp³-hybridized carbons (Fsp3) is 0.333. The Balaban J connectivity index is 2.69. The van der Waals surface area contributed by atoms with Crippen molar-refractivity contribution in [3.8, 4) is 0 Å². The number of rotatable bonds is 5. The molecular formula is C9H12N2O4. The summed E-state index contributed by atoms with van der Waals surface area (Å²) in [6.07, 6.45) is 0.442. The van der Waals surface area contributed by atoms with E-state index in [9.17, 15) is 9.90 Å². The Labute approximate surface area is 86.5 Å². The van der Waals surface area contributed by atoms with E-state index >= 15 is 0 Å². The first kappa shape index (κ1) is 11.4. The minimum atomic E-state index is -1.04. The van der Waals surface area contributed by atoms with E-state index in [1.165, 1.54) is 25.4 Å². The third-order valence-corrected chi connectivity index (χ3v) is 1.65. The second kappa shape index (κ2) is 5.28. The van der Waals surface area contributed by atoms with Crippen LogP contribution in [0.5, 0.6) is 0 Å². The maximum atomic E-state index is 10.6. The van der Waals surface area contributed by atoms with Crippen molar-refractivity contribution < 1.29 is 19.7 Å². The number of carboxylic acid groups (broad SMARTS) is 1. The van der Waals surface area contributed by atoms with Gasteiger partial charge in [-0.25, -0.2) is 9.78 Å². The Hall–Kier alpha value is -1.66. The Morgan fingerprint density at radius 1 is 1.73 bits per heavy atom. The first-order valence-corrected chi connectivity index (χ1v) is 4.26. The number of anilines is 1. The number of aromatic nitrogens is 1. The maximum Gasteiger partial charge on any atom is 0.335 e. The monoisotopic (exact) mass is 212 g/mol. The summed E-state index contributed by atoms with van der Waals surface area (Å²) >= 11 is 0. The van der Waals surface area contributed by atoms with Crippen molar-refractivity contribution in [2.75, 3.05) is 19.0 Å². The van der Waals surface area contributed by atoms with Crippen LogP contribution >= 0.6 is 0 Å². The second-order valence-electron chi connectivity index (χ2n) is 2.85. The van der Waals surface area contributed by atoms with E-state index in [-0.39, 0.29) is 12.2 Å². The molecule has 0 aliphatic carbocycles. The molecule has 1 rings (SSSR count). The summed E-state index contributed by atoms with van der Waals surface area (Å²) in [6, 6.07) is 2.71. The number of ether oxygens (including phenoxy) is 1. The standard InChI is InChI=1S/C9H12N2O4/c1-15-5-8(12)11-7-4-6(9(13)14)2-3-10-7/h2-4,8,12H,5H2,1H3,(H,10,11)(H,13,14). The van der Waals surface area contributed by atoms with Crippen LogP contribution in [0.4, 0.5) is 5.82 Å². The quantitative estimate of drug-likeness (QED) is 0.602. The molecule has 0 aliphatic rings. The molecular weight excluding hydrogens is 200 g/mol. The molecule has 0 spiro atoms. The van der Waals surface area contributed by atoms with Gasteiger partial charge >= 0.3 is 5.97 Å². The van der Waals surface area contributed by atoms with Crippen molar-refractivity contribution in [3.05, 3.63) is 23.9 Å². The summed E-state index contributed by atoms with van der Waals surface area (Å²) in [5.74, 6) is -0.749. The molecule has 0 saturated heterocycles. The van der Waals surface area contributed by atoms with Gasteiger partial charge in [-0.1, -0.05) is 0 Å². The number of hydrogen-bond acceptors (Lipinski definition) is 5. The van der Waals surface area contributed by atoms with Crippen LogP contribution in [-0.4, -0.2) is 41.1 Å². The lowest BCUT2D eigenvalue weighted by molar-refractivity contribution is 0.0696. The number of carbonyl (C=O) groups is 1. The number of aliphatic hydroxyl groups is 1. The van der Waals surface area contributed by atoms with Crippen molar-refractivity contribution in [1.82, 2.24) is 4.98 Å². The van der Waals surface area contributed by atoms with Crippen LogP contribution in [0.3, 0.4) is 0 Å². The maximum absolute atomic E-state index is 10.6. The molecule has 15 heavy (non-hydrogen) atoms. The van der Waals surface area contributed by atoms with Crippen LogP contribution in [0.15, 0.2) is 18.3 Å². The number of pyridine rings is 1. The number of carboxylic acids is 1. The molecule has 0 amide bonds. The van der Waals surface area contributed by atoms with Crippen LogP contribution < -0.4 is 5.32 Å². The molecule has 6 nitrogen and oxygen atoms in total. The van der Waals surface area contributed by atoms with Gasteiger partial charge in [-0.2, -0.15) is 0 Å². The Morgan fingerprint density at radius 2 is 2.47 bits per heavy atom. The van der Waals surface area contributed by atoms with Gasteiger partial charge in [0.25, 0.3) is 0 Å². The summed E-state index contributed by atoms with van der Waals surface area (Å²) in [6.45, 7) is 0.0962. The van der Waals surface area contributed by atoms with Gasteiger partial charge in [0.05, 0.1) is 12.2 Å². The van der Waals surface area contributed by atoms with Gasteiger partial charge in [-0.3, -0.25) is 0 Å². The lowest BCUT2D eigenvalue weighted by Crippen LogP contribution is -2.24. The SMILES string of the molecule is COCC(O)Nc1cc(C(=O)O)ccn1. The van der Waals surface area contributed by atoms with Crippen molar-refractivity contribution in [2.45, 2.75) is 6.23 Å². The van der Waals surface area contributed by atoms with Gasteiger partial charge in [-0.15, -0.1) is 0 Å². The van der Waals surface area contributed by atoms with E-state index < -0.39 is 12.2 Å². The van der Waals surface area contributed by atoms with Gasteiger partial charge in [0, 0.05) is 13.3 Å². The zero-order valence-electron chi connectivity index (χ0n) is 8.17. The zero-order valence-corrected chi connectivity index (χ0v) is 8.17. The predicted octanol–water partition coefficient (Wildman–Crippen LogP) is 0.156. The van der Waals surface area contributed by atoms with Crippen molar-refractivity contribution >= 4 is 11.8 Å². The predicted molar refractivity (Wildman–Crippen MR) is 52.7 cm³/mol. The summed E-state index contributed by atoms with van der Waals surface area (Å²) in [7, 11) is 1.45. The largest absolute Gasteiger partial charge is 0.478 e. The average Bonchev–Trinajstić information content (AvgIpc) is 2.18. The molecule has 0 radical (unpaired) electrons. The minimum Gasteiger partial charge on any atom is -0.478 e. The highest BCUT2D eigenvalue weighted by molar-refractivity contribution is 5.88. The smallest absolute Gasteiger partial charge is 0.335 e. The summed E-state index contributed by atoms with van der Waals surface area (Å²) < 4.78 is 4.70. The van der Waals surface area contributed by atoms with Gasteiger partial charge in [0.1, 0.15) is 12.0 Å². The van der Waals surface area contributed by atoms with Gasteiger partial charge in [0.2, 0.25) is 0 Å². The number of nitrogens with zero attached hydrogens (tertiary/aromatic N) is 1. The molecule has 0 aliphatic heterocycles. The van der Waals surface area contributed by atoms with E-state index in [0.717, 1.165) is 0 Å². The van der Waals surface area contributed by atoms with Gasteiger partial charge < -0.3 is 20.3 Å². The third-order valence-electron chi connectivity index (χ3n) is 1.65. The van der Waals surface area contributed by atoms with Crippen molar-refractivity contribution in [2.24, 2.45) is 0 Å². The minimum absolute atomic E-state index is 0.0962. The Morgan fingerprint density at radius 3 is 3.07 bits per heavy atom. The number of nitrogens with one attached hydrogen (secondary N) is 1. The lowest BCUT2D eigenvalue weighted by atomic mass is 10.2. The van der Waals surface area contributed by atoms with Crippen LogP contribution in [0.25, 0.3) is 0 Å². The normalized spacial score (nSPS) is 12.1. The van der Waals surface area contributed by atoms with E-state index in [4.69, 9.17) is 9.84 Å². The molecule has 1 heterocycles. The number of aromatic carboxylic acids is 1. The number of methoxy groups -OCH3 is 1. The van der Waals surface area contributed by atoms with Crippen LogP contribution in [0, 0.1) is 0 Å². The van der Waals surface area contributed by atoms with Crippen molar-refractivity contribution in [3.63, 3.8) is 0 Å². The van der Waals surface area contributed by atoms with E-state index in [2.05, 4.69) is 10.3 Å². The topological polar surface area (TPSA) is 91.7 Å². The molecule has 1 atom stereocenters. The highest BCUT2D eigenvalue weighted by Crippen LogP contribution is 2.07. The summed E-state index contributed by atoms with van der Waals surface area (Å²) in [5.41, 5.74) is 0.108. The van der Waals surface area contributed by atoms with E-state index in [0.29, 0.717) is 5.82 Å². The second-order valence-corrected chi connectivity index (χ2v) is 2.85. The van der Waals surface area contributed by atoms with Crippen LogP contribution in [0.2, 0.25) is 0 Å². The molecule has 6 heteroatoms. The molecule has 0 fully saturated rings. The molecule has 1 aromatic heterocycles. The first-order chi connectivity index (χ1) is 7.13. The third kappa shape index (κ3) is 3.53. The molecule has 82 valence electrons. The fourth-order valence-corrected chi connectivity index (χ4v) is 1.01. The van der Waals surface area contributed by atoms with Gasteiger partial charge in [0.15, 0.2) is 0 Å². The molecule has 0 bridgehead atoms. The average molecular weight is 212 g/mol. The lowest BCUT2D eigenvalue weighted by Gasteiger charge is -2.12. The van der Waals surface area contributed by atoms with Crippen LogP contribution in [-0.2, 0) is 4.74 Å². The van der Waals surface area contributed by atoms with Gasteiger partial charge in [-0.05, 0) is 12.1 Å². The Bertz CT molecular complexity index is 343. The first-order valence-electron chi connectivity index (χ1n) is 4.26. The number of aliphatic hydroxyl groups excluding tert-OH is 1. The Kier molecular flexibility index (Phi) is 4.02. The van der Waals surface area contributed by atoms with E-state index in [1.54, 1.807) is 0 Å². The molecule has 3 N–H and O–H groups in total. The summed E-state index contributed by atoms with van der Waals surface area (Å²) in [4.78, 5) is 14.5.